The smallest absolute Gasteiger partial charge is 0.253 e. The van der Waals surface area contributed by atoms with Gasteiger partial charge in [0.05, 0.1) is 0 Å². The Morgan fingerprint density at radius 1 is 0.909 bits per heavy atom. The maximum absolute atomic E-state index is 12.3. The van der Waals surface area contributed by atoms with E-state index in [2.05, 4.69) is 10.3 Å². The van der Waals surface area contributed by atoms with E-state index in [4.69, 9.17) is 0 Å². The van der Waals surface area contributed by atoms with E-state index in [1.54, 1.807) is 42.7 Å². The molecule has 1 amide bonds. The Morgan fingerprint density at radius 3 is 2.14 bits per heavy atom. The van der Waals surface area contributed by atoms with Crippen LogP contribution < -0.4 is 5.32 Å². The van der Waals surface area contributed by atoms with Crippen molar-refractivity contribution in [2.45, 2.75) is 0 Å². The number of amides is 1. The molecule has 1 aliphatic rings. The summed E-state index contributed by atoms with van der Waals surface area (Å²) in [7, 11) is 0. The van der Waals surface area contributed by atoms with Gasteiger partial charge >= 0.3 is 0 Å². The van der Waals surface area contributed by atoms with E-state index in [1.807, 2.05) is 4.90 Å². The van der Waals surface area contributed by atoms with Gasteiger partial charge in [0.25, 0.3) is 5.91 Å². The predicted molar refractivity (Wildman–Crippen MR) is 86.7 cm³/mol. The van der Waals surface area contributed by atoms with Crippen molar-refractivity contribution in [3.05, 3.63) is 59.4 Å². The van der Waals surface area contributed by atoms with Crippen LogP contribution in [0.1, 0.15) is 26.3 Å². The minimum Gasteiger partial charge on any atom is -0.367 e. The molecule has 1 fully saturated rings. The van der Waals surface area contributed by atoms with Crippen molar-refractivity contribution in [1.29, 1.82) is 0 Å². The molecular formula is C16H18ClN3O2. The first kappa shape index (κ1) is 16.3. The number of nitrogens with zero attached hydrogens (tertiary/aromatic N) is 1. The van der Waals surface area contributed by atoms with Crippen LogP contribution in [0.4, 0.5) is 0 Å². The minimum atomic E-state index is -0.0441. The molecule has 116 valence electrons. The highest BCUT2D eigenvalue weighted by atomic mass is 35.5. The van der Waals surface area contributed by atoms with Crippen molar-refractivity contribution in [3.63, 3.8) is 0 Å². The van der Waals surface area contributed by atoms with Crippen molar-refractivity contribution >= 4 is 24.1 Å². The number of hydrogen-bond donors (Lipinski definition) is 2. The molecule has 1 aliphatic heterocycles. The molecule has 1 saturated heterocycles. The lowest BCUT2D eigenvalue weighted by Gasteiger charge is -2.27. The number of carbonyl (C=O) groups excluding carboxylic acids is 2. The zero-order chi connectivity index (χ0) is 14.7. The SMILES string of the molecule is Cl.O=C(c1ccc(C(=O)N2CCNCC2)cc1)c1cc[nH]c1. The summed E-state index contributed by atoms with van der Waals surface area (Å²) < 4.78 is 0. The highest BCUT2D eigenvalue weighted by Gasteiger charge is 2.18. The van der Waals surface area contributed by atoms with Crippen LogP contribution in [0.25, 0.3) is 0 Å². The van der Waals surface area contributed by atoms with Gasteiger partial charge in [0.2, 0.25) is 0 Å². The third kappa shape index (κ3) is 3.37. The molecular weight excluding hydrogens is 302 g/mol. The second-order valence-corrected chi connectivity index (χ2v) is 5.05. The summed E-state index contributed by atoms with van der Waals surface area (Å²) in [6.45, 7) is 3.11. The Labute approximate surface area is 135 Å². The maximum atomic E-state index is 12.3. The molecule has 0 saturated carbocycles. The number of ketones is 1. The van der Waals surface area contributed by atoms with Gasteiger partial charge in [0, 0.05) is 55.3 Å². The van der Waals surface area contributed by atoms with Crippen LogP contribution in [0.2, 0.25) is 0 Å². The number of hydrogen-bond acceptors (Lipinski definition) is 3. The van der Waals surface area contributed by atoms with E-state index in [0.29, 0.717) is 16.7 Å². The van der Waals surface area contributed by atoms with Crippen molar-refractivity contribution < 1.29 is 9.59 Å². The monoisotopic (exact) mass is 319 g/mol. The number of aromatic amines is 1. The lowest BCUT2D eigenvalue weighted by Crippen LogP contribution is -2.46. The van der Waals surface area contributed by atoms with Gasteiger partial charge in [0.1, 0.15) is 0 Å². The summed E-state index contributed by atoms with van der Waals surface area (Å²) in [6, 6.07) is 8.62. The summed E-state index contributed by atoms with van der Waals surface area (Å²) in [5, 5.41) is 3.22. The first-order valence-electron chi connectivity index (χ1n) is 7.03. The van der Waals surface area contributed by atoms with E-state index in [1.165, 1.54) is 0 Å². The summed E-state index contributed by atoms with van der Waals surface area (Å²) in [5.41, 5.74) is 1.84. The summed E-state index contributed by atoms with van der Waals surface area (Å²) >= 11 is 0. The lowest BCUT2D eigenvalue weighted by molar-refractivity contribution is 0.0735. The van der Waals surface area contributed by atoms with Gasteiger partial charge < -0.3 is 15.2 Å². The van der Waals surface area contributed by atoms with Gasteiger partial charge in [-0.15, -0.1) is 12.4 Å². The minimum absolute atomic E-state index is 0. The average Bonchev–Trinajstić information content (AvgIpc) is 3.09. The van der Waals surface area contributed by atoms with Crippen LogP contribution in [-0.2, 0) is 0 Å². The van der Waals surface area contributed by atoms with E-state index < -0.39 is 0 Å². The Bertz CT molecular complexity index is 632. The van der Waals surface area contributed by atoms with Crippen molar-refractivity contribution in [2.75, 3.05) is 26.2 Å². The molecule has 1 aromatic heterocycles. The number of carbonyl (C=O) groups is 2. The predicted octanol–water partition coefficient (Wildman–Crippen LogP) is 1.71. The number of halogens is 1. The standard InChI is InChI=1S/C16H17N3O2.ClH/c20-15(14-5-6-18-11-14)12-1-3-13(4-2-12)16(21)19-9-7-17-8-10-19;/h1-6,11,17-18H,7-10H2;1H. The number of H-pyrrole nitrogens is 1. The van der Waals surface area contributed by atoms with Crippen LogP contribution in [0.5, 0.6) is 0 Å². The van der Waals surface area contributed by atoms with Crippen LogP contribution in [0, 0.1) is 0 Å². The average molecular weight is 320 g/mol. The van der Waals surface area contributed by atoms with E-state index in [0.717, 1.165) is 26.2 Å². The van der Waals surface area contributed by atoms with Gasteiger partial charge in [0.15, 0.2) is 5.78 Å². The van der Waals surface area contributed by atoms with Crippen LogP contribution in [0.3, 0.4) is 0 Å². The number of rotatable bonds is 3. The third-order valence-corrected chi connectivity index (χ3v) is 3.66. The van der Waals surface area contributed by atoms with E-state index in [-0.39, 0.29) is 24.1 Å². The molecule has 6 heteroatoms. The fourth-order valence-corrected chi connectivity index (χ4v) is 2.45. The quantitative estimate of drug-likeness (QED) is 0.847. The molecule has 0 aliphatic carbocycles. The summed E-state index contributed by atoms with van der Waals surface area (Å²) in [5.74, 6) is -0.0189. The molecule has 22 heavy (non-hydrogen) atoms. The van der Waals surface area contributed by atoms with Crippen LogP contribution >= 0.6 is 12.4 Å². The molecule has 3 rings (SSSR count). The van der Waals surface area contributed by atoms with Gasteiger partial charge in [-0.05, 0) is 18.2 Å². The molecule has 0 spiro atoms. The fraction of sp³-hybridized carbons (Fsp3) is 0.250. The molecule has 0 bridgehead atoms. The molecule has 2 aromatic rings. The highest BCUT2D eigenvalue weighted by Crippen LogP contribution is 2.12. The third-order valence-electron chi connectivity index (χ3n) is 3.66. The molecule has 0 radical (unpaired) electrons. The molecule has 0 unspecified atom stereocenters. The second-order valence-electron chi connectivity index (χ2n) is 5.05. The molecule has 2 heterocycles. The van der Waals surface area contributed by atoms with Crippen molar-refractivity contribution in [1.82, 2.24) is 15.2 Å². The number of aromatic nitrogens is 1. The zero-order valence-corrected chi connectivity index (χ0v) is 12.9. The Hall–Kier alpha value is -2.11. The summed E-state index contributed by atoms with van der Waals surface area (Å²) in [4.78, 5) is 29.2. The second kappa shape index (κ2) is 7.24. The Kier molecular flexibility index (Phi) is 5.35. The maximum Gasteiger partial charge on any atom is 0.253 e. The molecule has 1 aromatic carbocycles. The number of piperazine rings is 1. The van der Waals surface area contributed by atoms with Crippen molar-refractivity contribution in [3.8, 4) is 0 Å². The largest absolute Gasteiger partial charge is 0.367 e. The van der Waals surface area contributed by atoms with Gasteiger partial charge in [-0.25, -0.2) is 0 Å². The van der Waals surface area contributed by atoms with Gasteiger partial charge in [-0.2, -0.15) is 0 Å². The summed E-state index contributed by atoms with van der Waals surface area (Å²) in [6.07, 6.45) is 3.39. The molecule has 0 atom stereocenters. The van der Waals surface area contributed by atoms with Crippen LogP contribution in [-0.4, -0.2) is 47.8 Å². The Morgan fingerprint density at radius 2 is 1.55 bits per heavy atom. The van der Waals surface area contributed by atoms with Crippen LogP contribution in [0.15, 0.2) is 42.7 Å². The number of nitrogens with one attached hydrogen (secondary N) is 2. The Balaban J connectivity index is 0.00000176. The molecule has 2 N–H and O–H groups in total. The van der Waals surface area contributed by atoms with E-state index >= 15 is 0 Å². The zero-order valence-electron chi connectivity index (χ0n) is 12.0. The topological polar surface area (TPSA) is 65.2 Å². The van der Waals surface area contributed by atoms with E-state index in [9.17, 15) is 9.59 Å². The first-order valence-corrected chi connectivity index (χ1v) is 7.03. The fourth-order valence-electron chi connectivity index (χ4n) is 2.45. The van der Waals surface area contributed by atoms with Crippen molar-refractivity contribution in [2.24, 2.45) is 0 Å². The molecule has 5 nitrogen and oxygen atoms in total. The normalized spacial score (nSPS) is 14.3. The van der Waals surface area contributed by atoms with Gasteiger partial charge in [-0.3, -0.25) is 9.59 Å². The highest BCUT2D eigenvalue weighted by molar-refractivity contribution is 6.09. The lowest BCUT2D eigenvalue weighted by atomic mass is 10.0. The first-order chi connectivity index (χ1) is 10.3. The van der Waals surface area contributed by atoms with Gasteiger partial charge in [-0.1, -0.05) is 12.1 Å². The number of benzene rings is 1.